The van der Waals surface area contributed by atoms with Gasteiger partial charge < -0.3 is 18.9 Å². The second kappa shape index (κ2) is 11.0. The number of hydrogen-bond donors (Lipinski definition) is 0. The van der Waals surface area contributed by atoms with E-state index < -0.39 is 11.9 Å². The van der Waals surface area contributed by atoms with Crippen LogP contribution in [0.25, 0.3) is 16.9 Å². The number of nitrogens with zero attached hydrogens (tertiary/aromatic N) is 2. The van der Waals surface area contributed by atoms with Crippen LogP contribution in [0.3, 0.4) is 0 Å². The van der Waals surface area contributed by atoms with Crippen LogP contribution in [0.5, 0.6) is 11.5 Å². The average Bonchev–Trinajstić information content (AvgIpc) is 3.32. The van der Waals surface area contributed by atoms with Crippen molar-refractivity contribution in [1.82, 2.24) is 9.78 Å². The van der Waals surface area contributed by atoms with Crippen molar-refractivity contribution >= 4 is 23.5 Å². The Balaban J connectivity index is 1.95. The van der Waals surface area contributed by atoms with Crippen LogP contribution in [-0.2, 0) is 16.1 Å². The van der Waals surface area contributed by atoms with Crippen LogP contribution < -0.4 is 9.47 Å². The van der Waals surface area contributed by atoms with Gasteiger partial charge in [-0.25, -0.2) is 14.3 Å². The van der Waals surface area contributed by atoms with Gasteiger partial charge in [-0.2, -0.15) is 5.10 Å². The van der Waals surface area contributed by atoms with Gasteiger partial charge in [-0.1, -0.05) is 54.1 Å². The van der Waals surface area contributed by atoms with Crippen molar-refractivity contribution in [2.24, 2.45) is 0 Å². The van der Waals surface area contributed by atoms with E-state index in [9.17, 15) is 9.59 Å². The van der Waals surface area contributed by atoms with Gasteiger partial charge in [0.05, 0.1) is 27.0 Å². The van der Waals surface area contributed by atoms with Crippen LogP contribution in [0, 0.1) is 0 Å². The molecule has 36 heavy (non-hydrogen) atoms. The Morgan fingerprint density at radius 3 is 2.22 bits per heavy atom. The standard InChI is InChI=1S/C27H23ClN2O6/c1-33-21-15-9-13-19(25(21)36-16-17-10-7-8-14-20(17)28)23-22(26(31)34-2)24(27(32)35-3)30(29-23)18-11-5-4-6-12-18/h4-15H,16H2,1-3H3. The number of carbonyl (C=O) groups is 2. The summed E-state index contributed by atoms with van der Waals surface area (Å²) in [6.07, 6.45) is 0. The maximum absolute atomic E-state index is 13.0. The first-order valence-electron chi connectivity index (χ1n) is 10.9. The third-order valence-corrected chi connectivity index (χ3v) is 5.81. The number of aromatic nitrogens is 2. The van der Waals surface area contributed by atoms with Crippen LogP contribution in [-0.4, -0.2) is 43.0 Å². The van der Waals surface area contributed by atoms with E-state index in [0.29, 0.717) is 27.8 Å². The summed E-state index contributed by atoms with van der Waals surface area (Å²) in [7, 11) is 3.97. The molecule has 8 nitrogen and oxygen atoms in total. The SMILES string of the molecule is COC(=O)c1c(-c2cccc(OC)c2OCc2ccccc2Cl)nn(-c2ccccc2)c1C(=O)OC. The Morgan fingerprint density at radius 2 is 1.56 bits per heavy atom. The Kier molecular flexibility index (Phi) is 7.56. The summed E-state index contributed by atoms with van der Waals surface area (Å²) in [6.45, 7) is 0.129. The zero-order valence-corrected chi connectivity index (χ0v) is 20.6. The first-order valence-corrected chi connectivity index (χ1v) is 11.3. The molecule has 0 radical (unpaired) electrons. The number of benzene rings is 3. The highest BCUT2D eigenvalue weighted by Crippen LogP contribution is 2.41. The van der Waals surface area contributed by atoms with Gasteiger partial charge in [0.25, 0.3) is 0 Å². The van der Waals surface area contributed by atoms with Gasteiger partial charge in [-0.05, 0) is 30.3 Å². The number of ether oxygens (including phenoxy) is 4. The fourth-order valence-corrected chi connectivity index (χ4v) is 3.91. The fourth-order valence-electron chi connectivity index (χ4n) is 3.72. The second-order valence-electron chi connectivity index (χ2n) is 7.52. The van der Waals surface area contributed by atoms with Gasteiger partial charge in [0.1, 0.15) is 17.9 Å². The molecule has 0 aliphatic heterocycles. The Bertz CT molecular complexity index is 1400. The average molecular weight is 507 g/mol. The lowest BCUT2D eigenvalue weighted by Gasteiger charge is -2.15. The molecule has 0 N–H and O–H groups in total. The third-order valence-electron chi connectivity index (χ3n) is 5.44. The van der Waals surface area contributed by atoms with Crippen molar-refractivity contribution in [3.8, 4) is 28.4 Å². The zero-order chi connectivity index (χ0) is 25.7. The Morgan fingerprint density at radius 1 is 0.861 bits per heavy atom. The number of esters is 2. The number of carbonyl (C=O) groups excluding carboxylic acids is 2. The molecule has 4 rings (SSSR count). The predicted molar refractivity (Wildman–Crippen MR) is 134 cm³/mol. The Hall–Kier alpha value is -4.30. The molecule has 0 unspecified atom stereocenters. The molecule has 3 aromatic carbocycles. The molecule has 1 aromatic heterocycles. The number of rotatable bonds is 8. The minimum absolute atomic E-state index is 0.0657. The summed E-state index contributed by atoms with van der Waals surface area (Å²) in [4.78, 5) is 25.9. The summed E-state index contributed by atoms with van der Waals surface area (Å²) in [5.41, 5.74) is 1.75. The highest BCUT2D eigenvalue weighted by molar-refractivity contribution is 6.31. The van der Waals surface area contributed by atoms with E-state index in [-0.39, 0.29) is 23.6 Å². The van der Waals surface area contributed by atoms with E-state index in [1.54, 1.807) is 48.5 Å². The number of hydrogen-bond acceptors (Lipinski definition) is 7. The van der Waals surface area contributed by atoms with Crippen LogP contribution in [0.15, 0.2) is 72.8 Å². The van der Waals surface area contributed by atoms with Gasteiger partial charge in [0.15, 0.2) is 17.2 Å². The van der Waals surface area contributed by atoms with Crippen LogP contribution in [0.1, 0.15) is 26.4 Å². The monoisotopic (exact) mass is 506 g/mol. The number of methoxy groups -OCH3 is 3. The lowest BCUT2D eigenvalue weighted by molar-refractivity contribution is 0.0549. The molecule has 0 fully saturated rings. The Labute approximate surface area is 212 Å². The van der Waals surface area contributed by atoms with E-state index in [0.717, 1.165) is 5.56 Å². The molecule has 0 aliphatic rings. The molecule has 0 saturated heterocycles. The molecule has 9 heteroatoms. The van der Waals surface area contributed by atoms with E-state index in [4.69, 9.17) is 30.5 Å². The van der Waals surface area contributed by atoms with Crippen LogP contribution >= 0.6 is 11.6 Å². The molecule has 184 valence electrons. The van der Waals surface area contributed by atoms with E-state index >= 15 is 0 Å². The van der Waals surface area contributed by atoms with Gasteiger partial charge in [0, 0.05) is 16.1 Å². The van der Waals surface area contributed by atoms with Gasteiger partial charge >= 0.3 is 11.9 Å². The zero-order valence-electron chi connectivity index (χ0n) is 19.9. The molecule has 0 aliphatic carbocycles. The van der Waals surface area contributed by atoms with Crippen molar-refractivity contribution in [3.05, 3.63) is 94.6 Å². The lowest BCUT2D eigenvalue weighted by Crippen LogP contribution is -2.15. The topological polar surface area (TPSA) is 88.9 Å². The first kappa shape index (κ1) is 24.8. The van der Waals surface area contributed by atoms with Gasteiger partial charge in [-0.3, -0.25) is 0 Å². The molecule has 1 heterocycles. The predicted octanol–water partition coefficient (Wildman–Crippen LogP) is 5.35. The normalized spacial score (nSPS) is 10.6. The summed E-state index contributed by atoms with van der Waals surface area (Å²) < 4.78 is 23.1. The third kappa shape index (κ3) is 4.76. The largest absolute Gasteiger partial charge is 0.493 e. The molecular formula is C27H23ClN2O6. The molecule has 0 spiro atoms. The smallest absolute Gasteiger partial charge is 0.357 e. The highest BCUT2D eigenvalue weighted by atomic mass is 35.5. The summed E-state index contributed by atoms with van der Waals surface area (Å²) in [5.74, 6) is -0.782. The van der Waals surface area contributed by atoms with Crippen molar-refractivity contribution in [2.75, 3.05) is 21.3 Å². The molecular weight excluding hydrogens is 484 g/mol. The molecule has 0 amide bonds. The van der Waals surface area contributed by atoms with Crippen molar-refractivity contribution in [3.63, 3.8) is 0 Å². The van der Waals surface area contributed by atoms with Crippen molar-refractivity contribution in [2.45, 2.75) is 6.61 Å². The van der Waals surface area contributed by atoms with Gasteiger partial charge in [-0.15, -0.1) is 0 Å². The maximum Gasteiger partial charge on any atom is 0.357 e. The number of halogens is 1. The summed E-state index contributed by atoms with van der Waals surface area (Å²) in [5, 5.41) is 5.20. The first-order chi connectivity index (χ1) is 17.5. The molecule has 0 atom stereocenters. The minimum atomic E-state index is -0.757. The maximum atomic E-state index is 13.0. The van der Waals surface area contributed by atoms with Gasteiger partial charge in [0.2, 0.25) is 0 Å². The van der Waals surface area contributed by atoms with E-state index in [2.05, 4.69) is 5.10 Å². The highest BCUT2D eigenvalue weighted by Gasteiger charge is 2.33. The number of para-hydroxylation sites is 2. The second-order valence-corrected chi connectivity index (χ2v) is 7.93. The molecule has 0 saturated carbocycles. The van der Waals surface area contributed by atoms with Crippen LogP contribution in [0.4, 0.5) is 0 Å². The summed E-state index contributed by atoms with van der Waals surface area (Å²) >= 11 is 6.31. The fraction of sp³-hybridized carbons (Fsp3) is 0.148. The van der Waals surface area contributed by atoms with E-state index in [1.807, 2.05) is 24.3 Å². The van der Waals surface area contributed by atoms with Crippen molar-refractivity contribution < 1.29 is 28.5 Å². The van der Waals surface area contributed by atoms with E-state index in [1.165, 1.54) is 26.0 Å². The molecule has 0 bridgehead atoms. The molecule has 4 aromatic rings. The lowest BCUT2D eigenvalue weighted by atomic mass is 10.0. The summed E-state index contributed by atoms with van der Waals surface area (Å²) in [6, 6.07) is 21.4. The van der Waals surface area contributed by atoms with Crippen LogP contribution in [0.2, 0.25) is 5.02 Å². The van der Waals surface area contributed by atoms with Crippen molar-refractivity contribution in [1.29, 1.82) is 0 Å². The minimum Gasteiger partial charge on any atom is -0.493 e. The quantitative estimate of drug-likeness (QED) is 0.297.